The first-order valence-corrected chi connectivity index (χ1v) is 8.13. The Labute approximate surface area is 139 Å². The number of aliphatic imine (C=N–C) groups is 1. The maximum absolute atomic E-state index is 12.5. The summed E-state index contributed by atoms with van der Waals surface area (Å²) in [7, 11) is 0. The molecule has 0 atom stereocenters. The molecule has 1 heterocycles. The van der Waals surface area contributed by atoms with Gasteiger partial charge in [-0.15, -0.1) is 0 Å². The van der Waals surface area contributed by atoms with Crippen molar-refractivity contribution >= 4 is 34.6 Å². The number of nitrogens with zero attached hydrogens (tertiary/aromatic N) is 2. The average molecular weight is 324 g/mol. The zero-order valence-corrected chi connectivity index (χ0v) is 13.5. The van der Waals surface area contributed by atoms with Gasteiger partial charge in [-0.25, -0.2) is 4.99 Å². The summed E-state index contributed by atoms with van der Waals surface area (Å²) in [6.45, 7) is 2.49. The van der Waals surface area contributed by atoms with Crippen molar-refractivity contribution in [2.24, 2.45) is 4.99 Å². The Morgan fingerprint density at radius 3 is 2.65 bits per heavy atom. The Morgan fingerprint density at radius 1 is 1.17 bits per heavy atom. The number of amides is 1. The molecule has 4 nitrogen and oxygen atoms in total. The molecule has 3 rings (SSSR count). The lowest BCUT2D eigenvalue weighted by molar-refractivity contribution is -0.122. The number of carbonyl (C=O) groups excluding carboxylic acids is 1. The van der Waals surface area contributed by atoms with Crippen LogP contribution in [0.1, 0.15) is 12.5 Å². The van der Waals surface area contributed by atoms with E-state index in [1.165, 1.54) is 11.8 Å². The molecule has 23 heavy (non-hydrogen) atoms. The molecule has 1 fully saturated rings. The normalized spacial score (nSPS) is 18.1. The summed E-state index contributed by atoms with van der Waals surface area (Å²) < 4.78 is 0. The van der Waals surface area contributed by atoms with Crippen LogP contribution in [0.15, 0.2) is 64.5 Å². The van der Waals surface area contributed by atoms with Crippen molar-refractivity contribution in [1.82, 2.24) is 4.90 Å². The number of amidine groups is 1. The number of thioether (sulfide) groups is 1. The van der Waals surface area contributed by atoms with Gasteiger partial charge in [0.25, 0.3) is 5.91 Å². The van der Waals surface area contributed by atoms with Gasteiger partial charge in [-0.3, -0.25) is 9.69 Å². The molecule has 1 aliphatic rings. The number of hydrogen-bond acceptors (Lipinski definition) is 4. The van der Waals surface area contributed by atoms with Gasteiger partial charge >= 0.3 is 0 Å². The van der Waals surface area contributed by atoms with Crippen molar-refractivity contribution in [2.45, 2.75) is 6.92 Å². The Kier molecular flexibility index (Phi) is 4.48. The summed E-state index contributed by atoms with van der Waals surface area (Å²) in [5.74, 6) is 0.121. The summed E-state index contributed by atoms with van der Waals surface area (Å²) in [5, 5.41) is 10.2. The standard InChI is InChI=1S/C18H16N2O2S/c1-2-20-17(22)16(12-13-7-6-10-15(21)11-13)23-18(20)19-14-8-4-3-5-9-14/h3-12,21H,2H2,1H3. The molecule has 0 radical (unpaired) electrons. The second kappa shape index (κ2) is 6.71. The molecule has 0 saturated carbocycles. The molecule has 0 aliphatic carbocycles. The molecule has 2 aromatic carbocycles. The monoisotopic (exact) mass is 324 g/mol. The quantitative estimate of drug-likeness (QED) is 0.868. The van der Waals surface area contributed by atoms with Crippen LogP contribution in [0.25, 0.3) is 6.08 Å². The average Bonchev–Trinajstić information content (AvgIpc) is 2.83. The zero-order chi connectivity index (χ0) is 16.2. The molecule has 5 heteroatoms. The maximum atomic E-state index is 12.5. The van der Waals surface area contributed by atoms with Gasteiger partial charge in [-0.1, -0.05) is 30.3 Å². The van der Waals surface area contributed by atoms with Crippen LogP contribution in [0.3, 0.4) is 0 Å². The van der Waals surface area contributed by atoms with Gasteiger partial charge in [0.1, 0.15) is 5.75 Å². The van der Waals surface area contributed by atoms with Gasteiger partial charge in [0, 0.05) is 6.54 Å². The molecule has 0 spiro atoms. The number of aromatic hydroxyl groups is 1. The number of rotatable bonds is 3. The minimum Gasteiger partial charge on any atom is -0.508 e. The molecule has 1 amide bonds. The SMILES string of the molecule is CCN1C(=O)C(=Cc2cccc(O)c2)SC1=Nc1ccccc1. The molecular formula is C18H16N2O2S. The molecular weight excluding hydrogens is 308 g/mol. The first kappa shape index (κ1) is 15.4. The third-order valence-electron chi connectivity index (χ3n) is 3.35. The Balaban J connectivity index is 1.93. The highest BCUT2D eigenvalue weighted by Gasteiger charge is 2.32. The van der Waals surface area contributed by atoms with Crippen molar-refractivity contribution in [2.75, 3.05) is 6.54 Å². The number of benzene rings is 2. The predicted octanol–water partition coefficient (Wildman–Crippen LogP) is 4.02. The zero-order valence-electron chi connectivity index (χ0n) is 12.6. The van der Waals surface area contributed by atoms with Gasteiger partial charge in [-0.05, 0) is 54.6 Å². The highest BCUT2D eigenvalue weighted by molar-refractivity contribution is 8.18. The van der Waals surface area contributed by atoms with E-state index in [-0.39, 0.29) is 11.7 Å². The maximum Gasteiger partial charge on any atom is 0.266 e. The molecule has 0 bridgehead atoms. The second-order valence-electron chi connectivity index (χ2n) is 4.98. The van der Waals surface area contributed by atoms with Crippen LogP contribution in [-0.2, 0) is 4.79 Å². The van der Waals surface area contributed by atoms with E-state index in [1.807, 2.05) is 43.3 Å². The van der Waals surface area contributed by atoms with Gasteiger partial charge in [-0.2, -0.15) is 0 Å². The van der Waals surface area contributed by atoms with Crippen LogP contribution in [0.5, 0.6) is 5.75 Å². The summed E-state index contributed by atoms with van der Waals surface area (Å²) in [6.07, 6.45) is 1.78. The fourth-order valence-corrected chi connectivity index (χ4v) is 3.31. The van der Waals surface area contributed by atoms with E-state index in [9.17, 15) is 9.90 Å². The predicted molar refractivity (Wildman–Crippen MR) is 94.6 cm³/mol. The summed E-state index contributed by atoms with van der Waals surface area (Å²) >= 11 is 1.35. The Bertz CT molecular complexity index is 785. The summed E-state index contributed by atoms with van der Waals surface area (Å²) in [4.78, 5) is 19.3. The number of hydrogen-bond donors (Lipinski definition) is 1. The van der Waals surface area contributed by atoms with Crippen molar-refractivity contribution < 1.29 is 9.90 Å². The van der Waals surface area contributed by atoms with E-state index in [1.54, 1.807) is 29.2 Å². The molecule has 0 aromatic heterocycles. The van der Waals surface area contributed by atoms with Crippen LogP contribution in [0.2, 0.25) is 0 Å². The molecule has 116 valence electrons. The van der Waals surface area contributed by atoms with Gasteiger partial charge in [0.2, 0.25) is 0 Å². The summed E-state index contributed by atoms with van der Waals surface area (Å²) in [6, 6.07) is 16.4. The van der Waals surface area contributed by atoms with E-state index in [0.29, 0.717) is 16.6 Å². The van der Waals surface area contributed by atoms with Crippen LogP contribution >= 0.6 is 11.8 Å². The van der Waals surface area contributed by atoms with Gasteiger partial charge < -0.3 is 5.11 Å². The number of para-hydroxylation sites is 1. The molecule has 1 aliphatic heterocycles. The van der Waals surface area contributed by atoms with Crippen LogP contribution in [0, 0.1) is 0 Å². The Hall–Kier alpha value is -2.53. The number of carbonyl (C=O) groups is 1. The number of phenols is 1. The minimum absolute atomic E-state index is 0.0597. The van der Waals surface area contributed by atoms with Crippen LogP contribution in [-0.4, -0.2) is 27.6 Å². The molecule has 2 aromatic rings. The van der Waals surface area contributed by atoms with Crippen molar-refractivity contribution in [3.05, 3.63) is 65.1 Å². The van der Waals surface area contributed by atoms with E-state index >= 15 is 0 Å². The van der Waals surface area contributed by atoms with E-state index in [0.717, 1.165) is 11.3 Å². The van der Waals surface area contributed by atoms with Crippen molar-refractivity contribution in [3.63, 3.8) is 0 Å². The second-order valence-corrected chi connectivity index (χ2v) is 5.99. The van der Waals surface area contributed by atoms with E-state index in [2.05, 4.69) is 4.99 Å². The molecule has 0 unspecified atom stereocenters. The fraction of sp³-hybridized carbons (Fsp3) is 0.111. The van der Waals surface area contributed by atoms with Crippen molar-refractivity contribution in [1.29, 1.82) is 0 Å². The third kappa shape index (κ3) is 3.46. The highest BCUT2D eigenvalue weighted by Crippen LogP contribution is 2.34. The van der Waals surface area contributed by atoms with E-state index < -0.39 is 0 Å². The lowest BCUT2D eigenvalue weighted by atomic mass is 10.2. The van der Waals surface area contributed by atoms with E-state index in [4.69, 9.17) is 0 Å². The first-order chi connectivity index (χ1) is 11.2. The Morgan fingerprint density at radius 2 is 1.96 bits per heavy atom. The number of phenolic OH excluding ortho intramolecular Hbond substituents is 1. The van der Waals surface area contributed by atoms with Crippen LogP contribution < -0.4 is 0 Å². The molecule has 1 saturated heterocycles. The fourth-order valence-electron chi connectivity index (χ4n) is 2.25. The van der Waals surface area contributed by atoms with Gasteiger partial charge in [0.05, 0.1) is 10.6 Å². The minimum atomic E-state index is -0.0597. The van der Waals surface area contributed by atoms with Crippen molar-refractivity contribution in [3.8, 4) is 5.75 Å². The lowest BCUT2D eigenvalue weighted by Crippen LogP contribution is -2.28. The smallest absolute Gasteiger partial charge is 0.266 e. The molecule has 1 N–H and O–H groups in total. The number of likely N-dealkylation sites (N-methyl/N-ethyl adjacent to an activating group) is 1. The third-order valence-corrected chi connectivity index (χ3v) is 4.36. The highest BCUT2D eigenvalue weighted by atomic mass is 32.2. The van der Waals surface area contributed by atoms with Crippen LogP contribution in [0.4, 0.5) is 5.69 Å². The first-order valence-electron chi connectivity index (χ1n) is 7.31. The lowest BCUT2D eigenvalue weighted by Gasteiger charge is -2.11. The largest absolute Gasteiger partial charge is 0.508 e. The topological polar surface area (TPSA) is 52.9 Å². The summed E-state index contributed by atoms with van der Waals surface area (Å²) in [5.41, 5.74) is 1.61. The van der Waals surface area contributed by atoms with Gasteiger partial charge in [0.15, 0.2) is 5.17 Å².